The lowest BCUT2D eigenvalue weighted by Crippen LogP contribution is -2.37. The lowest BCUT2D eigenvalue weighted by molar-refractivity contribution is -0.142. The number of para-hydroxylation sites is 1. The highest BCUT2D eigenvalue weighted by Crippen LogP contribution is 2.35. The first-order chi connectivity index (χ1) is 7.24. The molecule has 1 aliphatic rings. The number of hydroxylamine groups is 1. The number of hydrogen-bond acceptors (Lipinski definition) is 4. The Morgan fingerprint density at radius 1 is 1.40 bits per heavy atom. The van der Waals surface area contributed by atoms with Crippen molar-refractivity contribution in [1.29, 1.82) is 0 Å². The van der Waals surface area contributed by atoms with Crippen LogP contribution in [-0.2, 0) is 9.63 Å². The second kappa shape index (κ2) is 4.00. The summed E-state index contributed by atoms with van der Waals surface area (Å²) in [5, 5.41) is 0. The van der Waals surface area contributed by atoms with Crippen molar-refractivity contribution in [2.45, 2.75) is 13.0 Å². The molecule has 80 valence electrons. The van der Waals surface area contributed by atoms with Crippen molar-refractivity contribution in [2.24, 2.45) is 5.92 Å². The number of nitrogens with one attached hydrogen (secondary N) is 1. The summed E-state index contributed by atoms with van der Waals surface area (Å²) in [6, 6.07) is 7.31. The van der Waals surface area contributed by atoms with Gasteiger partial charge in [-0.15, -0.1) is 0 Å². The number of esters is 1. The maximum Gasteiger partial charge on any atom is 0.316 e. The molecule has 4 nitrogen and oxygen atoms in total. The van der Waals surface area contributed by atoms with Crippen LogP contribution >= 0.6 is 0 Å². The van der Waals surface area contributed by atoms with Gasteiger partial charge in [0.1, 0.15) is 5.75 Å². The SMILES string of the molecule is CON[C@H]1c2ccccc2OC(=O)[C@H]1C. The van der Waals surface area contributed by atoms with E-state index >= 15 is 0 Å². The third-order valence-corrected chi connectivity index (χ3v) is 2.58. The van der Waals surface area contributed by atoms with E-state index in [0.717, 1.165) is 5.56 Å². The first-order valence-electron chi connectivity index (χ1n) is 4.83. The molecule has 0 spiro atoms. The van der Waals surface area contributed by atoms with E-state index in [1.165, 1.54) is 7.11 Å². The van der Waals surface area contributed by atoms with Crippen molar-refractivity contribution in [3.8, 4) is 5.75 Å². The third-order valence-electron chi connectivity index (χ3n) is 2.58. The minimum absolute atomic E-state index is 0.146. The Kier molecular flexibility index (Phi) is 2.70. The normalized spacial score (nSPS) is 24.5. The van der Waals surface area contributed by atoms with Gasteiger partial charge in [0.2, 0.25) is 0 Å². The van der Waals surface area contributed by atoms with Crippen LogP contribution in [0.15, 0.2) is 24.3 Å². The van der Waals surface area contributed by atoms with Crippen molar-refractivity contribution in [3.63, 3.8) is 0 Å². The van der Waals surface area contributed by atoms with Gasteiger partial charge in [0.25, 0.3) is 0 Å². The van der Waals surface area contributed by atoms with Gasteiger partial charge in [-0.1, -0.05) is 18.2 Å². The van der Waals surface area contributed by atoms with E-state index in [4.69, 9.17) is 9.57 Å². The molecule has 1 aromatic rings. The van der Waals surface area contributed by atoms with Crippen LogP contribution in [0.2, 0.25) is 0 Å². The first-order valence-corrected chi connectivity index (χ1v) is 4.83. The van der Waals surface area contributed by atoms with Crippen LogP contribution in [0.5, 0.6) is 5.75 Å². The minimum atomic E-state index is -0.250. The summed E-state index contributed by atoms with van der Waals surface area (Å²) in [7, 11) is 1.54. The van der Waals surface area contributed by atoms with Gasteiger partial charge in [-0.25, -0.2) is 0 Å². The standard InChI is InChI=1S/C11H13NO3/c1-7-10(12-14-2)8-5-3-4-6-9(8)15-11(7)13/h3-7,10,12H,1-2H3/t7-,10+/m0/s1. The van der Waals surface area contributed by atoms with Crippen molar-refractivity contribution in [2.75, 3.05) is 7.11 Å². The minimum Gasteiger partial charge on any atom is -0.426 e. The number of carbonyl (C=O) groups excluding carboxylic acids is 1. The Labute approximate surface area is 88.1 Å². The summed E-state index contributed by atoms with van der Waals surface area (Å²) in [5.74, 6) is 0.123. The quantitative estimate of drug-likeness (QED) is 0.453. The molecule has 0 aromatic heterocycles. The van der Waals surface area contributed by atoms with Crippen LogP contribution < -0.4 is 10.2 Å². The summed E-state index contributed by atoms with van der Waals surface area (Å²) in [4.78, 5) is 16.4. The second-order valence-electron chi connectivity index (χ2n) is 3.55. The highest BCUT2D eigenvalue weighted by Gasteiger charge is 2.34. The van der Waals surface area contributed by atoms with Gasteiger partial charge < -0.3 is 9.57 Å². The maximum atomic E-state index is 11.5. The fourth-order valence-electron chi connectivity index (χ4n) is 1.73. The summed E-state index contributed by atoms with van der Waals surface area (Å²) in [5.41, 5.74) is 3.77. The average Bonchev–Trinajstić information content (AvgIpc) is 2.25. The molecule has 0 radical (unpaired) electrons. The molecule has 1 aromatic carbocycles. The topological polar surface area (TPSA) is 47.6 Å². The number of rotatable bonds is 2. The summed E-state index contributed by atoms with van der Waals surface area (Å²) in [6.07, 6.45) is 0. The average molecular weight is 207 g/mol. The molecule has 0 aliphatic carbocycles. The van der Waals surface area contributed by atoms with Crippen molar-refractivity contribution >= 4 is 5.97 Å². The van der Waals surface area contributed by atoms with Crippen LogP contribution in [0.4, 0.5) is 0 Å². The first kappa shape index (κ1) is 10.1. The van der Waals surface area contributed by atoms with Gasteiger partial charge in [-0.3, -0.25) is 4.79 Å². The van der Waals surface area contributed by atoms with E-state index in [1.807, 2.05) is 25.1 Å². The molecule has 2 rings (SSSR count). The van der Waals surface area contributed by atoms with Crippen LogP contribution in [0.3, 0.4) is 0 Å². The Morgan fingerprint density at radius 2 is 2.13 bits per heavy atom. The highest BCUT2D eigenvalue weighted by atomic mass is 16.6. The molecule has 2 atom stereocenters. The summed E-state index contributed by atoms with van der Waals surface area (Å²) in [6.45, 7) is 1.81. The smallest absolute Gasteiger partial charge is 0.316 e. The molecule has 0 saturated carbocycles. The van der Waals surface area contributed by atoms with Gasteiger partial charge >= 0.3 is 5.97 Å². The zero-order chi connectivity index (χ0) is 10.8. The molecule has 0 amide bonds. The molecule has 1 aliphatic heterocycles. The van der Waals surface area contributed by atoms with Gasteiger partial charge in [0.15, 0.2) is 0 Å². The Balaban J connectivity index is 2.40. The third kappa shape index (κ3) is 1.73. The predicted molar refractivity (Wildman–Crippen MR) is 54.1 cm³/mol. The maximum absolute atomic E-state index is 11.5. The summed E-state index contributed by atoms with van der Waals surface area (Å²) < 4.78 is 5.19. The van der Waals surface area contributed by atoms with Crippen molar-refractivity contribution < 1.29 is 14.4 Å². The molecule has 0 bridgehead atoms. The second-order valence-corrected chi connectivity index (χ2v) is 3.55. The van der Waals surface area contributed by atoms with Crippen LogP contribution in [0.25, 0.3) is 0 Å². The van der Waals surface area contributed by atoms with Gasteiger partial charge in [0, 0.05) is 5.56 Å². The molecule has 1 N–H and O–H groups in total. The van der Waals surface area contributed by atoms with E-state index in [-0.39, 0.29) is 17.9 Å². The van der Waals surface area contributed by atoms with Gasteiger partial charge in [-0.2, -0.15) is 5.48 Å². The molecule has 4 heteroatoms. The van der Waals surface area contributed by atoms with E-state index < -0.39 is 0 Å². The molecule has 0 fully saturated rings. The van der Waals surface area contributed by atoms with Crippen molar-refractivity contribution in [1.82, 2.24) is 5.48 Å². The fraction of sp³-hybridized carbons (Fsp3) is 0.364. The van der Waals surface area contributed by atoms with Gasteiger partial charge in [-0.05, 0) is 13.0 Å². The lowest BCUT2D eigenvalue weighted by atomic mass is 9.92. The molecule has 0 saturated heterocycles. The van der Waals surface area contributed by atoms with E-state index in [9.17, 15) is 4.79 Å². The number of benzene rings is 1. The molecular weight excluding hydrogens is 194 g/mol. The van der Waals surface area contributed by atoms with E-state index in [0.29, 0.717) is 5.75 Å². The zero-order valence-corrected chi connectivity index (χ0v) is 8.69. The van der Waals surface area contributed by atoms with Crippen molar-refractivity contribution in [3.05, 3.63) is 29.8 Å². The molecule has 1 heterocycles. The fourth-order valence-corrected chi connectivity index (χ4v) is 1.73. The molecular formula is C11H13NO3. The largest absolute Gasteiger partial charge is 0.426 e. The Bertz CT molecular complexity index is 378. The predicted octanol–water partition coefficient (Wildman–Crippen LogP) is 1.43. The number of ether oxygens (including phenoxy) is 1. The number of fused-ring (bicyclic) bond motifs is 1. The van der Waals surface area contributed by atoms with Crippen LogP contribution in [0, 0.1) is 5.92 Å². The highest BCUT2D eigenvalue weighted by molar-refractivity contribution is 5.78. The zero-order valence-electron chi connectivity index (χ0n) is 8.69. The van der Waals surface area contributed by atoms with Gasteiger partial charge in [0.05, 0.1) is 19.1 Å². The number of hydrogen-bond donors (Lipinski definition) is 1. The molecule has 0 unspecified atom stereocenters. The number of carbonyl (C=O) groups is 1. The van der Waals surface area contributed by atoms with E-state index in [2.05, 4.69) is 5.48 Å². The van der Waals surface area contributed by atoms with Crippen LogP contribution in [0.1, 0.15) is 18.5 Å². The Hall–Kier alpha value is -1.39. The lowest BCUT2D eigenvalue weighted by Gasteiger charge is -2.29. The summed E-state index contributed by atoms with van der Waals surface area (Å²) >= 11 is 0. The molecule has 15 heavy (non-hydrogen) atoms. The monoisotopic (exact) mass is 207 g/mol. The van der Waals surface area contributed by atoms with Crippen LogP contribution in [-0.4, -0.2) is 13.1 Å². The van der Waals surface area contributed by atoms with E-state index in [1.54, 1.807) is 6.07 Å². The Morgan fingerprint density at radius 3 is 2.87 bits per heavy atom.